The smallest absolute Gasteiger partial charge is 0.161 e. The van der Waals surface area contributed by atoms with Crippen LogP contribution in [0.2, 0.25) is 5.02 Å². The first-order chi connectivity index (χ1) is 10.0. The molecule has 3 nitrogen and oxygen atoms in total. The van der Waals surface area contributed by atoms with Crippen molar-refractivity contribution in [3.63, 3.8) is 0 Å². The van der Waals surface area contributed by atoms with Crippen LogP contribution < -0.4 is 0 Å². The maximum atomic E-state index is 11.5. The van der Waals surface area contributed by atoms with E-state index in [1.54, 1.807) is 13.0 Å². The number of pyridine rings is 1. The summed E-state index contributed by atoms with van der Waals surface area (Å²) in [5.74, 6) is 0.541. The number of carbonyl (C=O) groups excluding carboxylic acids is 1. The maximum Gasteiger partial charge on any atom is 0.161 e. The van der Waals surface area contributed by atoms with E-state index in [-0.39, 0.29) is 5.78 Å². The highest BCUT2D eigenvalue weighted by Gasteiger charge is 2.13. The lowest BCUT2D eigenvalue weighted by Crippen LogP contribution is -2.02. The molecule has 0 saturated carbocycles. The second-order valence-electron chi connectivity index (χ2n) is 4.52. The Labute approximate surface area is 133 Å². The molecule has 0 amide bonds. The molecule has 0 unspecified atom stereocenters. The van der Waals surface area contributed by atoms with Crippen molar-refractivity contribution in [1.29, 1.82) is 5.26 Å². The van der Waals surface area contributed by atoms with Crippen molar-refractivity contribution < 1.29 is 4.79 Å². The molecule has 1 aromatic carbocycles. The Morgan fingerprint density at radius 3 is 2.76 bits per heavy atom. The maximum absolute atomic E-state index is 11.5. The number of ketones is 1. The van der Waals surface area contributed by atoms with Crippen LogP contribution in [-0.4, -0.2) is 10.8 Å². The number of Topliss-reactive ketones (excluding diaryl/α,β-unsaturated/α-hetero) is 1. The van der Waals surface area contributed by atoms with Gasteiger partial charge in [0.1, 0.15) is 11.1 Å². The quantitative estimate of drug-likeness (QED) is 0.619. The highest BCUT2D eigenvalue weighted by molar-refractivity contribution is 7.98. The number of hydrogen-bond donors (Lipinski definition) is 0. The molecule has 0 aliphatic carbocycles. The molecule has 21 heavy (non-hydrogen) atoms. The molecule has 106 valence electrons. The number of thioether (sulfide) groups is 1. The lowest BCUT2D eigenvalue weighted by atomic mass is 10.1. The SMILES string of the molecule is CC(=O)c1cc(C#N)c(SCc2ccccc2Cl)nc1C. The lowest BCUT2D eigenvalue weighted by molar-refractivity contribution is 0.101. The summed E-state index contributed by atoms with van der Waals surface area (Å²) in [6, 6.07) is 11.3. The molecular weight excluding hydrogens is 304 g/mol. The third-order valence-electron chi connectivity index (χ3n) is 3.00. The molecule has 0 atom stereocenters. The number of aryl methyl sites for hydroxylation is 1. The van der Waals surface area contributed by atoms with Gasteiger partial charge in [0.05, 0.1) is 5.56 Å². The molecule has 0 N–H and O–H groups in total. The predicted molar refractivity (Wildman–Crippen MR) is 84.7 cm³/mol. The zero-order chi connectivity index (χ0) is 15.4. The first kappa shape index (κ1) is 15.6. The van der Waals surface area contributed by atoms with Crippen molar-refractivity contribution in [1.82, 2.24) is 4.98 Å². The van der Waals surface area contributed by atoms with E-state index < -0.39 is 0 Å². The summed E-state index contributed by atoms with van der Waals surface area (Å²) in [4.78, 5) is 15.9. The molecule has 0 spiro atoms. The van der Waals surface area contributed by atoms with Crippen LogP contribution in [0, 0.1) is 18.3 Å². The molecule has 0 saturated heterocycles. The van der Waals surface area contributed by atoms with E-state index in [0.29, 0.717) is 32.6 Å². The van der Waals surface area contributed by atoms with Crippen molar-refractivity contribution in [2.24, 2.45) is 0 Å². The van der Waals surface area contributed by atoms with E-state index in [2.05, 4.69) is 11.1 Å². The Morgan fingerprint density at radius 2 is 2.14 bits per heavy atom. The van der Waals surface area contributed by atoms with E-state index in [0.717, 1.165) is 5.56 Å². The van der Waals surface area contributed by atoms with Crippen LogP contribution in [0.1, 0.15) is 34.1 Å². The summed E-state index contributed by atoms with van der Waals surface area (Å²) < 4.78 is 0. The molecule has 2 rings (SSSR count). The fourth-order valence-corrected chi connectivity index (χ4v) is 3.18. The van der Waals surface area contributed by atoms with Crippen molar-refractivity contribution in [2.75, 3.05) is 0 Å². The minimum Gasteiger partial charge on any atom is -0.294 e. The van der Waals surface area contributed by atoms with E-state index in [1.807, 2.05) is 24.3 Å². The first-order valence-corrected chi connectivity index (χ1v) is 7.68. The van der Waals surface area contributed by atoms with Gasteiger partial charge >= 0.3 is 0 Å². The molecule has 0 radical (unpaired) electrons. The summed E-state index contributed by atoms with van der Waals surface area (Å²) in [7, 11) is 0. The third-order valence-corrected chi connectivity index (χ3v) is 4.41. The van der Waals surface area contributed by atoms with Gasteiger partial charge in [-0.3, -0.25) is 4.79 Å². The van der Waals surface area contributed by atoms with Gasteiger partial charge in [0, 0.05) is 22.0 Å². The zero-order valence-electron chi connectivity index (χ0n) is 11.7. The van der Waals surface area contributed by atoms with Gasteiger partial charge in [-0.1, -0.05) is 29.8 Å². The highest BCUT2D eigenvalue weighted by Crippen LogP contribution is 2.28. The summed E-state index contributed by atoms with van der Waals surface area (Å²) in [6.07, 6.45) is 0. The van der Waals surface area contributed by atoms with Crippen LogP contribution in [0.3, 0.4) is 0 Å². The zero-order valence-corrected chi connectivity index (χ0v) is 13.3. The number of benzene rings is 1. The van der Waals surface area contributed by atoms with Crippen molar-refractivity contribution >= 4 is 29.1 Å². The van der Waals surface area contributed by atoms with Crippen LogP contribution in [0.4, 0.5) is 0 Å². The van der Waals surface area contributed by atoms with E-state index in [9.17, 15) is 10.1 Å². The molecular formula is C16H13ClN2OS. The fourth-order valence-electron chi connectivity index (χ4n) is 1.89. The van der Waals surface area contributed by atoms with Crippen LogP contribution in [0.5, 0.6) is 0 Å². The Kier molecular flexibility index (Phi) is 5.00. The summed E-state index contributed by atoms with van der Waals surface area (Å²) >= 11 is 7.56. The van der Waals surface area contributed by atoms with Crippen LogP contribution in [-0.2, 0) is 5.75 Å². The number of carbonyl (C=O) groups is 1. The number of nitrogens with zero attached hydrogens (tertiary/aromatic N) is 2. The lowest BCUT2D eigenvalue weighted by Gasteiger charge is -2.08. The minimum atomic E-state index is -0.0841. The molecule has 0 aliphatic heterocycles. The first-order valence-electron chi connectivity index (χ1n) is 6.31. The summed E-state index contributed by atoms with van der Waals surface area (Å²) in [5.41, 5.74) is 2.54. The standard InChI is InChI=1S/C16H13ClN2OS/c1-10-14(11(2)20)7-13(8-18)16(19-10)21-9-12-5-3-4-6-15(12)17/h3-7H,9H2,1-2H3. The molecule has 0 bridgehead atoms. The molecule has 0 fully saturated rings. The third kappa shape index (κ3) is 3.63. The van der Waals surface area contributed by atoms with Crippen LogP contribution >= 0.6 is 23.4 Å². The number of nitriles is 1. The van der Waals surface area contributed by atoms with Crippen LogP contribution in [0.25, 0.3) is 0 Å². The van der Waals surface area contributed by atoms with E-state index in [4.69, 9.17) is 11.6 Å². The van der Waals surface area contributed by atoms with Gasteiger partial charge in [0.2, 0.25) is 0 Å². The highest BCUT2D eigenvalue weighted by atomic mass is 35.5. The van der Waals surface area contributed by atoms with Gasteiger partial charge in [-0.05, 0) is 31.5 Å². The monoisotopic (exact) mass is 316 g/mol. The normalized spacial score (nSPS) is 10.2. The molecule has 1 aromatic heterocycles. The second-order valence-corrected chi connectivity index (χ2v) is 5.89. The Hall–Kier alpha value is -1.83. The van der Waals surface area contributed by atoms with Crippen molar-refractivity contribution in [3.05, 3.63) is 57.7 Å². The van der Waals surface area contributed by atoms with E-state index >= 15 is 0 Å². The molecule has 2 aromatic rings. The van der Waals surface area contributed by atoms with Gasteiger partial charge in [-0.15, -0.1) is 11.8 Å². The second kappa shape index (κ2) is 6.75. The number of rotatable bonds is 4. The Bertz CT molecular complexity index is 738. The van der Waals surface area contributed by atoms with Gasteiger partial charge in [0.15, 0.2) is 5.78 Å². The molecule has 0 aliphatic rings. The molecule has 1 heterocycles. The predicted octanol–water partition coefficient (Wildman–Crippen LogP) is 4.41. The summed E-state index contributed by atoms with van der Waals surface area (Å²) in [6.45, 7) is 3.25. The van der Waals surface area contributed by atoms with E-state index in [1.165, 1.54) is 18.7 Å². The van der Waals surface area contributed by atoms with Crippen LogP contribution in [0.15, 0.2) is 35.4 Å². The van der Waals surface area contributed by atoms with Gasteiger partial charge in [-0.25, -0.2) is 4.98 Å². The minimum absolute atomic E-state index is 0.0841. The number of hydrogen-bond acceptors (Lipinski definition) is 4. The molecule has 5 heteroatoms. The average molecular weight is 317 g/mol. The summed E-state index contributed by atoms with van der Waals surface area (Å²) in [5, 5.41) is 10.5. The average Bonchev–Trinajstić information content (AvgIpc) is 2.46. The fraction of sp³-hybridized carbons (Fsp3) is 0.188. The largest absolute Gasteiger partial charge is 0.294 e. The van der Waals surface area contributed by atoms with Crippen molar-refractivity contribution in [2.45, 2.75) is 24.6 Å². The Balaban J connectivity index is 2.29. The number of aromatic nitrogens is 1. The van der Waals surface area contributed by atoms with Gasteiger partial charge in [0.25, 0.3) is 0 Å². The Morgan fingerprint density at radius 1 is 1.43 bits per heavy atom. The van der Waals surface area contributed by atoms with Crippen molar-refractivity contribution in [3.8, 4) is 6.07 Å². The van der Waals surface area contributed by atoms with Gasteiger partial charge in [-0.2, -0.15) is 5.26 Å². The van der Waals surface area contributed by atoms with Gasteiger partial charge < -0.3 is 0 Å². The number of halogens is 1. The topological polar surface area (TPSA) is 53.8 Å².